The standard InChI is InChI=1S/C16H24N2O2/c1-7-18(16(4,5)6)15(20)14(19)17-13-9-8-11(2)10-12(13)3/h8-10H,7H2,1-6H3,(H,17,19). The van der Waals surface area contributed by atoms with E-state index in [-0.39, 0.29) is 5.54 Å². The van der Waals surface area contributed by atoms with Crippen molar-refractivity contribution in [2.75, 3.05) is 11.9 Å². The van der Waals surface area contributed by atoms with E-state index in [1.54, 1.807) is 4.90 Å². The first-order chi connectivity index (χ1) is 9.16. The Bertz CT molecular complexity index is 516. The minimum atomic E-state index is -0.589. The van der Waals surface area contributed by atoms with Gasteiger partial charge in [-0.1, -0.05) is 17.7 Å². The first kappa shape index (κ1) is 16.2. The van der Waals surface area contributed by atoms with Crippen LogP contribution in [-0.2, 0) is 9.59 Å². The second kappa shape index (κ2) is 6.07. The summed E-state index contributed by atoms with van der Waals surface area (Å²) in [6, 6.07) is 5.71. The number of rotatable bonds is 2. The quantitative estimate of drug-likeness (QED) is 0.844. The second-order valence-electron chi connectivity index (χ2n) is 5.99. The van der Waals surface area contributed by atoms with Crippen LogP contribution in [0.5, 0.6) is 0 Å². The maximum atomic E-state index is 12.2. The van der Waals surface area contributed by atoms with Crippen LogP contribution in [0.4, 0.5) is 5.69 Å². The lowest BCUT2D eigenvalue weighted by atomic mass is 10.1. The van der Waals surface area contributed by atoms with Gasteiger partial charge in [0.05, 0.1) is 0 Å². The molecule has 1 aromatic rings. The Morgan fingerprint density at radius 1 is 1.20 bits per heavy atom. The fourth-order valence-electron chi connectivity index (χ4n) is 2.17. The summed E-state index contributed by atoms with van der Waals surface area (Å²) in [4.78, 5) is 25.9. The zero-order chi connectivity index (χ0) is 15.5. The highest BCUT2D eigenvalue weighted by atomic mass is 16.2. The predicted octanol–water partition coefficient (Wildman–Crippen LogP) is 2.89. The number of likely N-dealkylation sites (N-methyl/N-ethyl adjacent to an activating group) is 1. The molecule has 2 amide bonds. The van der Waals surface area contributed by atoms with E-state index in [0.717, 1.165) is 11.1 Å². The second-order valence-corrected chi connectivity index (χ2v) is 5.99. The van der Waals surface area contributed by atoms with Crippen molar-refractivity contribution < 1.29 is 9.59 Å². The van der Waals surface area contributed by atoms with Crippen LogP contribution >= 0.6 is 0 Å². The van der Waals surface area contributed by atoms with E-state index >= 15 is 0 Å². The number of anilines is 1. The summed E-state index contributed by atoms with van der Waals surface area (Å²) in [6.07, 6.45) is 0. The first-order valence-corrected chi connectivity index (χ1v) is 6.87. The number of benzene rings is 1. The highest BCUT2D eigenvalue weighted by molar-refractivity contribution is 6.39. The molecule has 0 aromatic heterocycles. The molecule has 110 valence electrons. The molecule has 4 nitrogen and oxygen atoms in total. The Hall–Kier alpha value is -1.84. The van der Waals surface area contributed by atoms with Crippen molar-refractivity contribution in [3.63, 3.8) is 0 Å². The van der Waals surface area contributed by atoms with Crippen LogP contribution in [0.2, 0.25) is 0 Å². The third-order valence-electron chi connectivity index (χ3n) is 3.20. The number of carbonyl (C=O) groups is 2. The molecule has 0 heterocycles. The van der Waals surface area contributed by atoms with Gasteiger partial charge < -0.3 is 10.2 Å². The summed E-state index contributed by atoms with van der Waals surface area (Å²) in [5.74, 6) is -1.09. The SMILES string of the molecule is CCN(C(=O)C(=O)Nc1ccc(C)cc1C)C(C)(C)C. The lowest BCUT2D eigenvalue weighted by Gasteiger charge is -2.34. The minimum Gasteiger partial charge on any atom is -0.330 e. The number of nitrogens with one attached hydrogen (secondary N) is 1. The van der Waals surface area contributed by atoms with Gasteiger partial charge in [0, 0.05) is 17.8 Å². The molecule has 20 heavy (non-hydrogen) atoms. The van der Waals surface area contributed by atoms with E-state index in [9.17, 15) is 9.59 Å². The average Bonchev–Trinajstić information content (AvgIpc) is 2.31. The Labute approximate surface area is 121 Å². The Morgan fingerprint density at radius 2 is 1.80 bits per heavy atom. The zero-order valence-electron chi connectivity index (χ0n) is 13.2. The third kappa shape index (κ3) is 3.83. The van der Waals surface area contributed by atoms with Gasteiger partial charge in [0.25, 0.3) is 0 Å². The van der Waals surface area contributed by atoms with Gasteiger partial charge in [0.2, 0.25) is 0 Å². The van der Waals surface area contributed by atoms with Gasteiger partial charge in [0.1, 0.15) is 0 Å². The van der Waals surface area contributed by atoms with Crippen molar-refractivity contribution in [3.05, 3.63) is 29.3 Å². The number of hydrogen-bond donors (Lipinski definition) is 1. The molecule has 0 bridgehead atoms. The highest BCUT2D eigenvalue weighted by Gasteiger charge is 2.29. The van der Waals surface area contributed by atoms with Gasteiger partial charge in [-0.05, 0) is 53.2 Å². The van der Waals surface area contributed by atoms with Gasteiger partial charge in [-0.2, -0.15) is 0 Å². The van der Waals surface area contributed by atoms with Crippen LogP contribution in [0, 0.1) is 13.8 Å². The van der Waals surface area contributed by atoms with Crippen LogP contribution in [0.15, 0.2) is 18.2 Å². The monoisotopic (exact) mass is 276 g/mol. The number of aryl methyl sites for hydroxylation is 2. The molecule has 0 spiro atoms. The van der Waals surface area contributed by atoms with Crippen molar-refractivity contribution in [1.29, 1.82) is 0 Å². The lowest BCUT2D eigenvalue weighted by molar-refractivity contribution is -0.146. The Balaban J connectivity index is 2.88. The van der Waals surface area contributed by atoms with Crippen LogP contribution in [0.3, 0.4) is 0 Å². The smallest absolute Gasteiger partial charge is 0.313 e. The Kier molecular flexibility index (Phi) is 4.93. The molecule has 0 aliphatic heterocycles. The molecule has 1 aromatic carbocycles. The molecule has 0 aliphatic rings. The van der Waals surface area contributed by atoms with Crippen molar-refractivity contribution in [2.45, 2.75) is 47.1 Å². The first-order valence-electron chi connectivity index (χ1n) is 6.87. The molecule has 0 fully saturated rings. The molecule has 0 saturated heterocycles. The molecular formula is C16H24N2O2. The van der Waals surface area contributed by atoms with Gasteiger partial charge in [-0.15, -0.1) is 0 Å². The maximum Gasteiger partial charge on any atom is 0.313 e. The van der Waals surface area contributed by atoms with Crippen LogP contribution in [0.25, 0.3) is 0 Å². The van der Waals surface area contributed by atoms with Crippen LogP contribution in [-0.4, -0.2) is 28.8 Å². The fraction of sp³-hybridized carbons (Fsp3) is 0.500. The van der Waals surface area contributed by atoms with E-state index in [2.05, 4.69) is 5.32 Å². The number of amides is 2. The van der Waals surface area contributed by atoms with E-state index in [1.165, 1.54) is 0 Å². The van der Waals surface area contributed by atoms with Crippen molar-refractivity contribution in [3.8, 4) is 0 Å². The average molecular weight is 276 g/mol. The van der Waals surface area contributed by atoms with Gasteiger partial charge in [0.15, 0.2) is 0 Å². The topological polar surface area (TPSA) is 49.4 Å². The van der Waals surface area contributed by atoms with E-state index < -0.39 is 11.8 Å². The van der Waals surface area contributed by atoms with Crippen molar-refractivity contribution in [1.82, 2.24) is 4.90 Å². The maximum absolute atomic E-state index is 12.2. The molecule has 0 radical (unpaired) electrons. The molecule has 0 atom stereocenters. The van der Waals surface area contributed by atoms with Gasteiger partial charge in [-0.25, -0.2) is 0 Å². The number of hydrogen-bond acceptors (Lipinski definition) is 2. The molecule has 0 saturated carbocycles. The Morgan fingerprint density at radius 3 is 2.25 bits per heavy atom. The summed E-state index contributed by atoms with van der Waals surface area (Å²) < 4.78 is 0. The summed E-state index contributed by atoms with van der Waals surface area (Å²) in [5.41, 5.74) is 2.38. The highest BCUT2D eigenvalue weighted by Crippen LogP contribution is 2.17. The largest absolute Gasteiger partial charge is 0.330 e. The summed E-state index contributed by atoms with van der Waals surface area (Å²) in [6.45, 7) is 12.0. The van der Waals surface area contributed by atoms with E-state index in [4.69, 9.17) is 0 Å². The van der Waals surface area contributed by atoms with Gasteiger partial charge >= 0.3 is 11.8 Å². The predicted molar refractivity (Wildman–Crippen MR) is 81.7 cm³/mol. The van der Waals surface area contributed by atoms with Gasteiger partial charge in [-0.3, -0.25) is 9.59 Å². The molecular weight excluding hydrogens is 252 g/mol. The molecule has 0 aliphatic carbocycles. The fourth-order valence-corrected chi connectivity index (χ4v) is 2.17. The van der Waals surface area contributed by atoms with Crippen LogP contribution in [0.1, 0.15) is 38.8 Å². The molecule has 0 unspecified atom stereocenters. The summed E-state index contributed by atoms with van der Waals surface area (Å²) >= 11 is 0. The lowest BCUT2D eigenvalue weighted by Crippen LogP contribution is -2.49. The summed E-state index contributed by atoms with van der Waals surface area (Å²) in [7, 11) is 0. The van der Waals surface area contributed by atoms with E-state index in [1.807, 2.05) is 59.7 Å². The number of nitrogens with zero attached hydrogens (tertiary/aromatic N) is 1. The van der Waals surface area contributed by atoms with E-state index in [0.29, 0.717) is 12.2 Å². The third-order valence-corrected chi connectivity index (χ3v) is 3.20. The normalized spacial score (nSPS) is 11.1. The minimum absolute atomic E-state index is 0.370. The number of carbonyl (C=O) groups excluding carboxylic acids is 2. The van der Waals surface area contributed by atoms with Crippen LogP contribution < -0.4 is 5.32 Å². The zero-order valence-corrected chi connectivity index (χ0v) is 13.2. The summed E-state index contributed by atoms with van der Waals surface area (Å²) in [5, 5.41) is 2.69. The molecule has 1 rings (SSSR count). The van der Waals surface area contributed by atoms with Crippen molar-refractivity contribution in [2.24, 2.45) is 0 Å². The molecule has 1 N–H and O–H groups in total. The van der Waals surface area contributed by atoms with Crippen molar-refractivity contribution >= 4 is 17.5 Å². The molecule has 4 heteroatoms.